The maximum absolute atomic E-state index is 13.8. The molecule has 0 radical (unpaired) electrons. The van der Waals surface area contributed by atoms with Crippen LogP contribution in [0.4, 0.5) is 24.5 Å². The van der Waals surface area contributed by atoms with E-state index in [1.165, 1.54) is 18.2 Å². The highest BCUT2D eigenvalue weighted by Crippen LogP contribution is 2.37. The van der Waals surface area contributed by atoms with E-state index in [1.54, 1.807) is 18.2 Å². The molecule has 0 saturated carbocycles. The number of nitrogens with one attached hydrogen (secondary N) is 1. The minimum absolute atomic E-state index is 0.359. The number of anilines is 2. The molecule has 0 unspecified atom stereocenters. The molecule has 1 aromatic heterocycles. The number of halogens is 3. The van der Waals surface area contributed by atoms with Crippen molar-refractivity contribution in [2.24, 2.45) is 0 Å². The van der Waals surface area contributed by atoms with E-state index >= 15 is 0 Å². The van der Waals surface area contributed by atoms with Crippen LogP contribution >= 0.6 is 0 Å². The molecule has 0 spiro atoms. The van der Waals surface area contributed by atoms with E-state index in [1.807, 2.05) is 30.1 Å². The van der Waals surface area contributed by atoms with Gasteiger partial charge in [0.1, 0.15) is 6.54 Å². The largest absolute Gasteiger partial charge is 0.418 e. The summed E-state index contributed by atoms with van der Waals surface area (Å²) in [6, 6.07) is 15.7. The Morgan fingerprint density at radius 2 is 1.71 bits per heavy atom. The molecule has 0 bridgehead atoms. The van der Waals surface area contributed by atoms with Gasteiger partial charge in [0.05, 0.1) is 16.9 Å². The lowest BCUT2D eigenvalue weighted by molar-refractivity contribution is -0.136. The summed E-state index contributed by atoms with van der Waals surface area (Å²) in [4.78, 5) is 28.8. The van der Waals surface area contributed by atoms with Crippen LogP contribution in [0.5, 0.6) is 0 Å². The van der Waals surface area contributed by atoms with E-state index in [4.69, 9.17) is 0 Å². The molecule has 1 saturated heterocycles. The lowest BCUT2D eigenvalue weighted by Crippen LogP contribution is -2.44. The molecular weight excluding hydrogens is 447 g/mol. The summed E-state index contributed by atoms with van der Waals surface area (Å²) in [5.41, 5.74) is -0.155. The summed E-state index contributed by atoms with van der Waals surface area (Å²) >= 11 is 0. The topological polar surface area (TPSA) is 70.5 Å². The van der Waals surface area contributed by atoms with Crippen LogP contribution in [-0.4, -0.2) is 53.8 Å². The number of hydrogen-bond donors (Lipinski definition) is 1. The molecule has 7 nitrogen and oxygen atoms in total. The number of amides is 1. The Labute approximate surface area is 194 Å². The van der Waals surface area contributed by atoms with Crippen LogP contribution in [0.15, 0.2) is 65.5 Å². The van der Waals surface area contributed by atoms with Gasteiger partial charge in [0.25, 0.3) is 5.56 Å². The van der Waals surface area contributed by atoms with Crippen LogP contribution in [0.3, 0.4) is 0 Å². The van der Waals surface area contributed by atoms with E-state index in [0.717, 1.165) is 29.4 Å². The molecule has 1 fully saturated rings. The molecule has 3 aromatic rings. The Morgan fingerprint density at radius 1 is 1.00 bits per heavy atom. The molecule has 178 valence electrons. The standard InChI is InChI=1S/C24H24F3N5O2/c1-30-11-13-31(14-12-30)18-7-8-21(19(15-18)24(25,26)27)28-22(33)16-32-23(34)10-9-20(29-32)17-5-3-2-4-6-17/h2-10,15H,11-14,16H2,1H3,(H,28,33). The van der Waals surface area contributed by atoms with Gasteiger partial charge in [0, 0.05) is 43.5 Å². The Balaban J connectivity index is 1.54. The van der Waals surface area contributed by atoms with Crippen LogP contribution in [-0.2, 0) is 17.5 Å². The van der Waals surface area contributed by atoms with Crippen molar-refractivity contribution in [3.05, 3.63) is 76.6 Å². The normalized spacial score (nSPS) is 14.8. The van der Waals surface area contributed by atoms with Crippen molar-refractivity contribution < 1.29 is 18.0 Å². The number of nitrogens with zero attached hydrogens (tertiary/aromatic N) is 4. The van der Waals surface area contributed by atoms with Gasteiger partial charge in [-0.05, 0) is 31.3 Å². The second-order valence-electron chi connectivity index (χ2n) is 8.15. The van der Waals surface area contributed by atoms with Gasteiger partial charge in [-0.25, -0.2) is 4.68 Å². The highest BCUT2D eigenvalue weighted by Gasteiger charge is 2.35. The predicted molar refractivity (Wildman–Crippen MR) is 124 cm³/mol. The lowest BCUT2D eigenvalue weighted by atomic mass is 10.1. The number of rotatable bonds is 5. The number of carbonyl (C=O) groups excluding carboxylic acids is 1. The van der Waals surface area contributed by atoms with Crippen LogP contribution < -0.4 is 15.8 Å². The zero-order valence-corrected chi connectivity index (χ0v) is 18.5. The van der Waals surface area contributed by atoms with Crippen LogP contribution in [0, 0.1) is 0 Å². The van der Waals surface area contributed by atoms with Crippen molar-refractivity contribution >= 4 is 17.3 Å². The number of benzene rings is 2. The first-order chi connectivity index (χ1) is 16.2. The van der Waals surface area contributed by atoms with E-state index < -0.39 is 29.8 Å². The van der Waals surface area contributed by atoms with Crippen molar-refractivity contribution in [2.45, 2.75) is 12.7 Å². The second kappa shape index (κ2) is 9.68. The van der Waals surface area contributed by atoms with Crippen molar-refractivity contribution in [2.75, 3.05) is 43.4 Å². The Morgan fingerprint density at radius 3 is 2.38 bits per heavy atom. The lowest BCUT2D eigenvalue weighted by Gasteiger charge is -2.34. The average molecular weight is 471 g/mol. The number of piperazine rings is 1. The van der Waals surface area contributed by atoms with Crippen molar-refractivity contribution in [1.82, 2.24) is 14.7 Å². The Hall–Kier alpha value is -3.66. The maximum Gasteiger partial charge on any atom is 0.418 e. The molecule has 34 heavy (non-hydrogen) atoms. The van der Waals surface area contributed by atoms with Crippen molar-refractivity contribution in [3.8, 4) is 11.3 Å². The zero-order chi connectivity index (χ0) is 24.3. The Bertz CT molecular complexity index is 1220. The number of alkyl halides is 3. The monoisotopic (exact) mass is 471 g/mol. The quantitative estimate of drug-likeness (QED) is 0.618. The number of carbonyl (C=O) groups is 1. The second-order valence-corrected chi connectivity index (χ2v) is 8.15. The van der Waals surface area contributed by atoms with E-state index in [2.05, 4.69) is 15.3 Å². The number of aromatic nitrogens is 2. The van der Waals surface area contributed by atoms with Crippen LogP contribution in [0.25, 0.3) is 11.3 Å². The average Bonchev–Trinajstić information content (AvgIpc) is 2.81. The van der Waals surface area contributed by atoms with Gasteiger partial charge < -0.3 is 15.1 Å². The predicted octanol–water partition coefficient (Wildman–Crippen LogP) is 3.32. The minimum Gasteiger partial charge on any atom is -0.369 e. The van der Waals surface area contributed by atoms with E-state index in [9.17, 15) is 22.8 Å². The third kappa shape index (κ3) is 5.45. The maximum atomic E-state index is 13.8. The SMILES string of the molecule is CN1CCN(c2ccc(NC(=O)Cn3nc(-c4ccccc4)ccc3=O)c(C(F)(F)F)c2)CC1. The van der Waals surface area contributed by atoms with Gasteiger partial charge >= 0.3 is 6.18 Å². The summed E-state index contributed by atoms with van der Waals surface area (Å²) in [6.07, 6.45) is -4.66. The summed E-state index contributed by atoms with van der Waals surface area (Å²) in [5.74, 6) is -0.780. The van der Waals surface area contributed by atoms with Gasteiger partial charge in [-0.1, -0.05) is 30.3 Å². The van der Waals surface area contributed by atoms with Crippen molar-refractivity contribution in [3.63, 3.8) is 0 Å². The van der Waals surface area contributed by atoms with Gasteiger partial charge in [-0.2, -0.15) is 18.3 Å². The number of likely N-dealkylation sites (N-methyl/N-ethyl adjacent to an activating group) is 1. The summed E-state index contributed by atoms with van der Waals surface area (Å²) < 4.78 is 42.3. The summed E-state index contributed by atoms with van der Waals surface area (Å²) in [6.45, 7) is 2.22. The molecular formula is C24H24F3N5O2. The summed E-state index contributed by atoms with van der Waals surface area (Å²) in [5, 5.41) is 6.49. The summed E-state index contributed by atoms with van der Waals surface area (Å²) in [7, 11) is 1.97. The number of hydrogen-bond acceptors (Lipinski definition) is 5. The molecule has 2 aromatic carbocycles. The molecule has 1 N–H and O–H groups in total. The molecule has 1 aliphatic rings. The molecule has 2 heterocycles. The van der Waals surface area contributed by atoms with Gasteiger partial charge in [-0.15, -0.1) is 0 Å². The zero-order valence-electron chi connectivity index (χ0n) is 18.5. The van der Waals surface area contributed by atoms with Gasteiger partial charge in [0.15, 0.2) is 0 Å². The first-order valence-electron chi connectivity index (χ1n) is 10.8. The molecule has 4 rings (SSSR count). The third-order valence-electron chi connectivity index (χ3n) is 5.68. The fourth-order valence-corrected chi connectivity index (χ4v) is 3.79. The first kappa shape index (κ1) is 23.5. The third-order valence-corrected chi connectivity index (χ3v) is 5.68. The van der Waals surface area contributed by atoms with Crippen LogP contribution in [0.1, 0.15) is 5.56 Å². The van der Waals surface area contributed by atoms with Gasteiger partial charge in [0.2, 0.25) is 5.91 Å². The first-order valence-corrected chi connectivity index (χ1v) is 10.8. The molecule has 0 aliphatic carbocycles. The highest BCUT2D eigenvalue weighted by molar-refractivity contribution is 5.91. The fourth-order valence-electron chi connectivity index (χ4n) is 3.79. The van der Waals surface area contributed by atoms with Crippen molar-refractivity contribution in [1.29, 1.82) is 0 Å². The molecule has 1 aliphatic heterocycles. The molecule has 1 amide bonds. The molecule has 10 heteroatoms. The fraction of sp³-hybridized carbons (Fsp3) is 0.292. The minimum atomic E-state index is -4.66. The van der Waals surface area contributed by atoms with E-state index in [-0.39, 0.29) is 5.69 Å². The highest BCUT2D eigenvalue weighted by atomic mass is 19.4. The van der Waals surface area contributed by atoms with Gasteiger partial charge in [-0.3, -0.25) is 9.59 Å². The molecule has 0 atom stereocenters. The van der Waals surface area contributed by atoms with E-state index in [0.29, 0.717) is 24.5 Å². The Kier molecular flexibility index (Phi) is 6.69. The van der Waals surface area contributed by atoms with Crippen LogP contribution in [0.2, 0.25) is 0 Å². The smallest absolute Gasteiger partial charge is 0.369 e.